The molecular weight excluding hydrogens is 288 g/mol. The zero-order valence-corrected chi connectivity index (χ0v) is 14.7. The van der Waals surface area contributed by atoms with E-state index in [0.717, 1.165) is 57.8 Å². The fraction of sp³-hybridized carbons (Fsp3) is 0.950. The number of hydrogen-bond acceptors (Lipinski definition) is 3. The van der Waals surface area contributed by atoms with Gasteiger partial charge in [-0.05, 0) is 61.7 Å². The number of carbonyl (C=O) groups is 1. The zero-order valence-electron chi connectivity index (χ0n) is 14.7. The Labute approximate surface area is 138 Å². The Morgan fingerprint density at radius 1 is 1.00 bits per heavy atom. The molecule has 0 aromatic heterocycles. The number of hydrogen-bond donors (Lipinski definition) is 2. The van der Waals surface area contributed by atoms with Crippen LogP contribution in [0.3, 0.4) is 0 Å². The van der Waals surface area contributed by atoms with Crippen LogP contribution in [-0.4, -0.2) is 21.8 Å². The van der Waals surface area contributed by atoms with Gasteiger partial charge in [0.25, 0.3) is 0 Å². The van der Waals surface area contributed by atoms with Crippen LogP contribution in [0, 0.1) is 33.0 Å². The van der Waals surface area contributed by atoms with E-state index in [2.05, 4.69) is 20.8 Å². The van der Waals surface area contributed by atoms with E-state index in [9.17, 15) is 15.0 Å². The molecule has 3 nitrogen and oxygen atoms in total. The molecule has 0 heterocycles. The minimum absolute atomic E-state index is 0.0201. The van der Waals surface area contributed by atoms with Crippen molar-refractivity contribution in [3.8, 4) is 0 Å². The third kappa shape index (κ3) is 1.19. The summed E-state index contributed by atoms with van der Waals surface area (Å²) in [5.41, 5.74) is -0.623. The second-order valence-electron chi connectivity index (χ2n) is 10.5. The molecule has 0 unspecified atom stereocenters. The van der Waals surface area contributed by atoms with Crippen molar-refractivity contribution in [3.63, 3.8) is 0 Å². The van der Waals surface area contributed by atoms with Crippen molar-refractivity contribution in [3.05, 3.63) is 0 Å². The number of Topliss-reactive ketones (excluding diaryl/α,β-unsaturated/α-hetero) is 1. The van der Waals surface area contributed by atoms with Crippen molar-refractivity contribution in [2.24, 2.45) is 33.0 Å². The van der Waals surface area contributed by atoms with Gasteiger partial charge in [0.05, 0.1) is 0 Å². The Kier molecular flexibility index (Phi) is 2.32. The summed E-state index contributed by atoms with van der Waals surface area (Å²) >= 11 is 0. The first-order valence-corrected chi connectivity index (χ1v) is 9.57. The van der Waals surface area contributed by atoms with E-state index in [1.807, 2.05) is 0 Å². The number of carbonyl (C=O) groups excluding carboxylic acids is 1. The minimum Gasteiger partial charge on any atom is -0.365 e. The fourth-order valence-electron chi connectivity index (χ4n) is 8.96. The van der Waals surface area contributed by atoms with Gasteiger partial charge in [0.1, 0.15) is 5.78 Å². The van der Waals surface area contributed by atoms with Crippen LogP contribution < -0.4 is 0 Å². The van der Waals surface area contributed by atoms with Crippen LogP contribution in [0.4, 0.5) is 0 Å². The molecule has 0 radical (unpaired) electrons. The highest BCUT2D eigenvalue weighted by atomic mass is 16.5. The largest absolute Gasteiger partial charge is 0.365 e. The predicted molar refractivity (Wildman–Crippen MR) is 86.4 cm³/mol. The van der Waals surface area contributed by atoms with E-state index >= 15 is 0 Å². The molecule has 0 amide bonds. The summed E-state index contributed by atoms with van der Waals surface area (Å²) in [5.74, 6) is -0.534. The van der Waals surface area contributed by atoms with Crippen molar-refractivity contribution in [1.29, 1.82) is 0 Å². The highest BCUT2D eigenvalue weighted by molar-refractivity contribution is 5.88. The summed E-state index contributed by atoms with van der Waals surface area (Å²) in [4.78, 5) is 12.7. The molecule has 5 saturated carbocycles. The average Bonchev–Trinajstić information content (AvgIpc) is 2.76. The third-order valence-electron chi connectivity index (χ3n) is 10.0. The SMILES string of the molecule is C[C@@]12CC[C@@H]3[C@@](CC[C@]45C(O)(O)[C@]4(C)CCC[C@@]35C)(CC1=O)C2. The lowest BCUT2D eigenvalue weighted by Gasteiger charge is -2.61. The maximum Gasteiger partial charge on any atom is 0.175 e. The van der Waals surface area contributed by atoms with Crippen LogP contribution in [0.25, 0.3) is 0 Å². The van der Waals surface area contributed by atoms with E-state index in [1.165, 1.54) is 0 Å². The van der Waals surface area contributed by atoms with E-state index in [0.29, 0.717) is 11.7 Å². The number of aliphatic hydroxyl groups is 2. The number of fused-ring (bicyclic) bond motifs is 2. The van der Waals surface area contributed by atoms with E-state index in [1.54, 1.807) is 0 Å². The number of ketones is 1. The Morgan fingerprint density at radius 3 is 2.48 bits per heavy atom. The fourth-order valence-corrected chi connectivity index (χ4v) is 8.96. The maximum atomic E-state index is 12.7. The van der Waals surface area contributed by atoms with E-state index in [-0.39, 0.29) is 27.1 Å². The summed E-state index contributed by atoms with van der Waals surface area (Å²) in [6.45, 7) is 6.63. The summed E-state index contributed by atoms with van der Waals surface area (Å²) in [7, 11) is 0. The first-order chi connectivity index (χ1) is 10.6. The van der Waals surface area contributed by atoms with Crippen LogP contribution in [0.1, 0.15) is 78.6 Å². The third-order valence-corrected chi connectivity index (χ3v) is 10.0. The molecule has 5 aliphatic carbocycles. The average molecular weight is 318 g/mol. The van der Waals surface area contributed by atoms with Gasteiger partial charge in [0.15, 0.2) is 5.79 Å². The standard InChI is InChI=1S/C20H30O3/c1-15-8-5-13-16(2)6-4-7-17(3)19(16,20(17,22)23)10-9-18(13,12-15)11-14(15)21/h13,22-23H,4-12H2,1-3H3/t13-,15-,16-,17+,18-,19+/m0/s1. The molecule has 128 valence electrons. The van der Waals surface area contributed by atoms with Crippen LogP contribution in [-0.2, 0) is 4.79 Å². The second kappa shape index (κ2) is 3.58. The highest BCUT2D eigenvalue weighted by Crippen LogP contribution is 2.89. The van der Waals surface area contributed by atoms with Crippen molar-refractivity contribution < 1.29 is 15.0 Å². The molecular formula is C20H30O3. The summed E-state index contributed by atoms with van der Waals surface area (Å²) in [6.07, 6.45) is 8.96. The Hall–Kier alpha value is -0.410. The monoisotopic (exact) mass is 318 g/mol. The van der Waals surface area contributed by atoms with Gasteiger partial charge in [-0.15, -0.1) is 0 Å². The molecule has 2 spiro atoms. The first-order valence-electron chi connectivity index (χ1n) is 9.57. The van der Waals surface area contributed by atoms with Gasteiger partial charge in [0.2, 0.25) is 0 Å². The molecule has 5 rings (SSSR count). The Bertz CT molecular complexity index is 626. The van der Waals surface area contributed by atoms with Crippen LogP contribution in [0.5, 0.6) is 0 Å². The predicted octanol–water partition coefficient (Wildman–Crippen LogP) is 3.42. The van der Waals surface area contributed by atoms with Gasteiger partial charge in [0, 0.05) is 22.7 Å². The summed E-state index contributed by atoms with van der Waals surface area (Å²) in [5, 5.41) is 21.9. The van der Waals surface area contributed by atoms with Gasteiger partial charge >= 0.3 is 0 Å². The Morgan fingerprint density at radius 2 is 1.74 bits per heavy atom. The van der Waals surface area contributed by atoms with Crippen LogP contribution in [0.2, 0.25) is 0 Å². The van der Waals surface area contributed by atoms with Crippen LogP contribution in [0.15, 0.2) is 0 Å². The van der Waals surface area contributed by atoms with Gasteiger partial charge in [-0.3, -0.25) is 4.79 Å². The smallest absolute Gasteiger partial charge is 0.175 e. The lowest BCUT2D eigenvalue weighted by Crippen LogP contribution is -2.56. The molecule has 0 aromatic carbocycles. The number of rotatable bonds is 0. The highest BCUT2D eigenvalue weighted by Gasteiger charge is 2.92. The van der Waals surface area contributed by atoms with Crippen molar-refractivity contribution in [1.82, 2.24) is 0 Å². The van der Waals surface area contributed by atoms with Crippen LogP contribution >= 0.6 is 0 Å². The first kappa shape index (κ1) is 14.9. The lowest BCUT2D eigenvalue weighted by atomic mass is 9.42. The van der Waals surface area contributed by atoms with Gasteiger partial charge < -0.3 is 10.2 Å². The minimum atomic E-state index is -1.50. The molecule has 23 heavy (non-hydrogen) atoms. The molecule has 0 aromatic rings. The molecule has 3 heteroatoms. The molecule has 5 aliphatic rings. The second-order valence-corrected chi connectivity index (χ2v) is 10.5. The van der Waals surface area contributed by atoms with E-state index < -0.39 is 5.79 Å². The molecule has 2 bridgehead atoms. The molecule has 6 atom stereocenters. The molecule has 5 fully saturated rings. The van der Waals surface area contributed by atoms with Crippen molar-refractivity contribution >= 4 is 5.78 Å². The zero-order chi connectivity index (χ0) is 16.5. The van der Waals surface area contributed by atoms with Gasteiger partial charge in [-0.1, -0.05) is 27.2 Å². The Balaban J connectivity index is 1.64. The molecule has 0 saturated heterocycles. The lowest BCUT2D eigenvalue weighted by molar-refractivity contribution is -0.187. The van der Waals surface area contributed by atoms with Gasteiger partial charge in [-0.2, -0.15) is 0 Å². The summed E-state index contributed by atoms with van der Waals surface area (Å²) in [6, 6.07) is 0. The molecule has 2 N–H and O–H groups in total. The topological polar surface area (TPSA) is 57.5 Å². The molecule has 0 aliphatic heterocycles. The van der Waals surface area contributed by atoms with Gasteiger partial charge in [-0.25, -0.2) is 0 Å². The van der Waals surface area contributed by atoms with E-state index in [4.69, 9.17) is 0 Å². The normalized spacial score (nSPS) is 62.3. The van der Waals surface area contributed by atoms with Crippen molar-refractivity contribution in [2.75, 3.05) is 0 Å². The quantitative estimate of drug-likeness (QED) is 0.673. The maximum absolute atomic E-state index is 12.7. The summed E-state index contributed by atoms with van der Waals surface area (Å²) < 4.78 is 0. The van der Waals surface area contributed by atoms with Crippen molar-refractivity contribution in [2.45, 2.75) is 84.3 Å².